The molecule has 0 amide bonds. The SMILES string of the molecule is Nc1nc(=O)n2ccccc2n1. The number of aromatic nitrogens is 3. The summed E-state index contributed by atoms with van der Waals surface area (Å²) in [7, 11) is 0. The Bertz CT molecular complexity index is 476. The maximum atomic E-state index is 11.1. The summed E-state index contributed by atoms with van der Waals surface area (Å²) >= 11 is 0. The van der Waals surface area contributed by atoms with Crippen LogP contribution in [0.4, 0.5) is 5.95 Å². The van der Waals surface area contributed by atoms with Crippen molar-refractivity contribution in [2.24, 2.45) is 0 Å². The summed E-state index contributed by atoms with van der Waals surface area (Å²) in [5.74, 6) is 0.00574. The Morgan fingerprint density at radius 3 is 3.00 bits per heavy atom. The first-order valence-corrected chi connectivity index (χ1v) is 3.38. The summed E-state index contributed by atoms with van der Waals surface area (Å²) in [6.07, 6.45) is 1.59. The van der Waals surface area contributed by atoms with Crippen molar-refractivity contribution in [3.63, 3.8) is 0 Å². The van der Waals surface area contributed by atoms with Crippen molar-refractivity contribution >= 4 is 11.6 Å². The summed E-state index contributed by atoms with van der Waals surface area (Å²) in [5, 5.41) is 0. The van der Waals surface area contributed by atoms with E-state index in [0.717, 1.165) is 0 Å². The molecule has 0 fully saturated rings. The number of nitrogen functional groups attached to an aromatic ring is 1. The zero-order chi connectivity index (χ0) is 8.55. The maximum Gasteiger partial charge on any atom is 0.356 e. The van der Waals surface area contributed by atoms with Crippen LogP contribution in [0.3, 0.4) is 0 Å². The van der Waals surface area contributed by atoms with Crippen LogP contribution >= 0.6 is 0 Å². The number of rotatable bonds is 0. The molecule has 0 saturated carbocycles. The number of fused-ring (bicyclic) bond motifs is 1. The fourth-order valence-corrected chi connectivity index (χ4v) is 0.981. The molecule has 5 heteroatoms. The third-order valence-electron chi connectivity index (χ3n) is 1.48. The molecule has 0 atom stereocenters. The second-order valence-electron chi connectivity index (χ2n) is 2.29. The highest BCUT2D eigenvalue weighted by Gasteiger charge is 1.97. The van der Waals surface area contributed by atoms with Crippen molar-refractivity contribution in [3.05, 3.63) is 34.9 Å². The van der Waals surface area contributed by atoms with Gasteiger partial charge in [-0.1, -0.05) is 6.07 Å². The molecule has 2 heterocycles. The van der Waals surface area contributed by atoms with Crippen LogP contribution < -0.4 is 11.4 Å². The van der Waals surface area contributed by atoms with Crippen LogP contribution in [0.15, 0.2) is 29.2 Å². The van der Waals surface area contributed by atoms with Crippen LogP contribution in [0.25, 0.3) is 5.65 Å². The molecule has 2 aromatic heterocycles. The highest BCUT2D eigenvalue weighted by molar-refractivity contribution is 5.39. The van der Waals surface area contributed by atoms with Gasteiger partial charge in [-0.2, -0.15) is 9.97 Å². The summed E-state index contributed by atoms with van der Waals surface area (Å²) in [4.78, 5) is 18.5. The normalized spacial score (nSPS) is 10.3. The van der Waals surface area contributed by atoms with Gasteiger partial charge in [0.15, 0.2) is 0 Å². The van der Waals surface area contributed by atoms with Gasteiger partial charge < -0.3 is 5.73 Å². The van der Waals surface area contributed by atoms with Gasteiger partial charge in [-0.05, 0) is 12.1 Å². The molecule has 0 saturated heterocycles. The molecule has 0 aliphatic carbocycles. The number of hydrogen-bond donors (Lipinski definition) is 1. The van der Waals surface area contributed by atoms with Crippen LogP contribution in [-0.4, -0.2) is 14.4 Å². The van der Waals surface area contributed by atoms with E-state index in [-0.39, 0.29) is 5.95 Å². The first kappa shape index (κ1) is 6.78. The molecule has 60 valence electrons. The topological polar surface area (TPSA) is 73.3 Å². The van der Waals surface area contributed by atoms with Crippen molar-refractivity contribution in [1.82, 2.24) is 14.4 Å². The van der Waals surface area contributed by atoms with E-state index < -0.39 is 5.69 Å². The van der Waals surface area contributed by atoms with E-state index >= 15 is 0 Å². The fourth-order valence-electron chi connectivity index (χ4n) is 0.981. The molecule has 0 aliphatic rings. The van der Waals surface area contributed by atoms with Crippen molar-refractivity contribution in [2.75, 3.05) is 5.73 Å². The molecule has 2 rings (SSSR count). The van der Waals surface area contributed by atoms with Gasteiger partial charge >= 0.3 is 5.69 Å². The van der Waals surface area contributed by atoms with Crippen molar-refractivity contribution in [2.45, 2.75) is 0 Å². The van der Waals surface area contributed by atoms with Gasteiger partial charge in [0, 0.05) is 6.20 Å². The van der Waals surface area contributed by atoms with Crippen LogP contribution in [0.2, 0.25) is 0 Å². The number of hydrogen-bond acceptors (Lipinski definition) is 4. The van der Waals surface area contributed by atoms with Crippen LogP contribution in [0.1, 0.15) is 0 Å². The van der Waals surface area contributed by atoms with E-state index in [1.165, 1.54) is 4.40 Å². The number of nitrogens with zero attached hydrogens (tertiary/aromatic N) is 3. The Kier molecular flexibility index (Phi) is 1.30. The van der Waals surface area contributed by atoms with Gasteiger partial charge in [0.05, 0.1) is 0 Å². The molecule has 0 radical (unpaired) electrons. The molecule has 0 aromatic carbocycles. The van der Waals surface area contributed by atoms with E-state index in [1.54, 1.807) is 24.4 Å². The molecule has 0 spiro atoms. The molecular weight excluding hydrogens is 156 g/mol. The first-order chi connectivity index (χ1) is 5.77. The molecule has 2 N–H and O–H groups in total. The quantitative estimate of drug-likeness (QED) is 0.575. The smallest absolute Gasteiger partial charge is 0.356 e. The average molecular weight is 162 g/mol. The maximum absolute atomic E-state index is 11.1. The Morgan fingerprint density at radius 1 is 1.33 bits per heavy atom. The van der Waals surface area contributed by atoms with Gasteiger partial charge in [0.25, 0.3) is 0 Å². The number of nitrogens with two attached hydrogens (primary N) is 1. The van der Waals surface area contributed by atoms with E-state index in [1.807, 2.05) is 0 Å². The van der Waals surface area contributed by atoms with Gasteiger partial charge in [-0.3, -0.25) is 4.40 Å². The third kappa shape index (κ3) is 0.914. The minimum atomic E-state index is -0.405. The molecule has 0 aliphatic heterocycles. The predicted molar refractivity (Wildman–Crippen MR) is 43.7 cm³/mol. The van der Waals surface area contributed by atoms with E-state index in [2.05, 4.69) is 9.97 Å². The van der Waals surface area contributed by atoms with Crippen LogP contribution in [0.5, 0.6) is 0 Å². The zero-order valence-corrected chi connectivity index (χ0v) is 6.14. The van der Waals surface area contributed by atoms with Crippen molar-refractivity contribution in [3.8, 4) is 0 Å². The standard InChI is InChI=1S/C7H6N4O/c8-6-9-5-3-1-2-4-11(5)7(12)10-6/h1-4H,(H2,8,10,12). The minimum absolute atomic E-state index is 0.00574. The van der Waals surface area contributed by atoms with E-state index in [9.17, 15) is 4.79 Å². The largest absolute Gasteiger partial charge is 0.368 e. The fraction of sp³-hybridized carbons (Fsp3) is 0. The van der Waals surface area contributed by atoms with Gasteiger partial charge in [0.1, 0.15) is 5.65 Å². The predicted octanol–water partition coefficient (Wildman–Crippen LogP) is -0.328. The van der Waals surface area contributed by atoms with E-state index in [0.29, 0.717) is 5.65 Å². The van der Waals surface area contributed by atoms with Crippen molar-refractivity contribution < 1.29 is 0 Å². The number of pyridine rings is 1. The summed E-state index contributed by atoms with van der Waals surface area (Å²) < 4.78 is 1.33. The Balaban J connectivity index is 2.99. The third-order valence-corrected chi connectivity index (χ3v) is 1.48. The van der Waals surface area contributed by atoms with E-state index in [4.69, 9.17) is 5.73 Å². The monoisotopic (exact) mass is 162 g/mol. The Labute approximate surface area is 67.5 Å². The second-order valence-corrected chi connectivity index (χ2v) is 2.29. The molecule has 0 unspecified atom stereocenters. The molecule has 2 aromatic rings. The van der Waals surface area contributed by atoms with Gasteiger partial charge in [-0.25, -0.2) is 4.79 Å². The number of anilines is 1. The average Bonchev–Trinajstić information content (AvgIpc) is 2.04. The zero-order valence-electron chi connectivity index (χ0n) is 6.14. The lowest BCUT2D eigenvalue weighted by Gasteiger charge is -1.97. The van der Waals surface area contributed by atoms with Crippen LogP contribution in [-0.2, 0) is 0 Å². The molecular formula is C7H6N4O. The summed E-state index contributed by atoms with van der Waals surface area (Å²) in [6, 6.07) is 5.20. The van der Waals surface area contributed by atoms with Crippen LogP contribution in [0, 0.1) is 0 Å². The van der Waals surface area contributed by atoms with Gasteiger partial charge in [0.2, 0.25) is 5.95 Å². The summed E-state index contributed by atoms with van der Waals surface area (Å²) in [5.41, 5.74) is 5.39. The molecule has 0 bridgehead atoms. The lowest BCUT2D eigenvalue weighted by molar-refractivity contribution is 0.951. The second kappa shape index (κ2) is 2.30. The lowest BCUT2D eigenvalue weighted by atomic mass is 10.5. The van der Waals surface area contributed by atoms with Gasteiger partial charge in [-0.15, -0.1) is 0 Å². The highest BCUT2D eigenvalue weighted by atomic mass is 16.1. The Hall–Kier alpha value is -1.91. The highest BCUT2D eigenvalue weighted by Crippen LogP contribution is 1.95. The lowest BCUT2D eigenvalue weighted by Crippen LogP contribution is -2.19. The summed E-state index contributed by atoms with van der Waals surface area (Å²) in [6.45, 7) is 0. The minimum Gasteiger partial charge on any atom is -0.368 e. The molecule has 5 nitrogen and oxygen atoms in total. The van der Waals surface area contributed by atoms with Crippen molar-refractivity contribution in [1.29, 1.82) is 0 Å². The Morgan fingerprint density at radius 2 is 2.17 bits per heavy atom. The molecule has 12 heavy (non-hydrogen) atoms. The first-order valence-electron chi connectivity index (χ1n) is 3.38.